The molecule has 1 N–H and O–H groups in total. The van der Waals surface area contributed by atoms with Crippen LogP contribution in [0.1, 0.15) is 33.6 Å². The minimum Gasteiger partial charge on any atom is -0.382 e. The molecule has 0 saturated carbocycles. The molecule has 5 heteroatoms. The standard InChI is InChI=1S/C11H20N2O3/c1-4-11(3)9(14)12-10(15)13(11)7-6-8-16-5-2/h4-8H2,1-3H3,(H,12,14,15). The molecule has 1 aliphatic rings. The molecule has 1 atom stereocenters. The molecule has 1 rings (SSSR count). The van der Waals surface area contributed by atoms with Crippen LogP contribution in [0.4, 0.5) is 4.79 Å². The normalized spacial score (nSPS) is 25.1. The van der Waals surface area contributed by atoms with Crippen molar-refractivity contribution in [2.45, 2.75) is 39.2 Å². The molecule has 1 fully saturated rings. The molecule has 1 unspecified atom stereocenters. The van der Waals surface area contributed by atoms with Crippen molar-refractivity contribution in [3.63, 3.8) is 0 Å². The molecule has 92 valence electrons. The lowest BCUT2D eigenvalue weighted by molar-refractivity contribution is -0.126. The molecule has 0 aliphatic carbocycles. The number of ether oxygens (including phenoxy) is 1. The van der Waals surface area contributed by atoms with Crippen LogP contribution in [-0.4, -0.2) is 42.1 Å². The van der Waals surface area contributed by atoms with E-state index in [4.69, 9.17) is 4.74 Å². The number of amides is 3. The Morgan fingerprint density at radius 2 is 2.06 bits per heavy atom. The van der Waals surface area contributed by atoms with Crippen LogP contribution in [0, 0.1) is 0 Å². The second kappa shape index (κ2) is 5.30. The van der Waals surface area contributed by atoms with Crippen LogP contribution >= 0.6 is 0 Å². The molecule has 1 aliphatic heterocycles. The van der Waals surface area contributed by atoms with Gasteiger partial charge in [-0.15, -0.1) is 0 Å². The smallest absolute Gasteiger partial charge is 0.325 e. The number of hydrogen-bond acceptors (Lipinski definition) is 3. The van der Waals surface area contributed by atoms with Crippen LogP contribution in [0.5, 0.6) is 0 Å². The number of hydrogen-bond donors (Lipinski definition) is 1. The molecule has 3 amide bonds. The van der Waals surface area contributed by atoms with Crippen molar-refractivity contribution in [2.75, 3.05) is 19.8 Å². The third kappa shape index (κ3) is 2.35. The fourth-order valence-electron chi connectivity index (χ4n) is 1.81. The summed E-state index contributed by atoms with van der Waals surface area (Å²) in [6, 6.07) is -0.286. The molecule has 0 radical (unpaired) electrons. The molecule has 0 bridgehead atoms. The highest BCUT2D eigenvalue weighted by molar-refractivity contribution is 6.06. The lowest BCUT2D eigenvalue weighted by atomic mass is 9.97. The minimum absolute atomic E-state index is 0.198. The number of nitrogens with one attached hydrogen (secondary N) is 1. The van der Waals surface area contributed by atoms with Crippen LogP contribution in [0.3, 0.4) is 0 Å². The van der Waals surface area contributed by atoms with E-state index in [1.807, 2.05) is 13.8 Å². The lowest BCUT2D eigenvalue weighted by Gasteiger charge is -2.30. The highest BCUT2D eigenvalue weighted by Gasteiger charge is 2.47. The van der Waals surface area contributed by atoms with Crippen molar-refractivity contribution < 1.29 is 14.3 Å². The van der Waals surface area contributed by atoms with E-state index in [9.17, 15) is 9.59 Å². The van der Waals surface area contributed by atoms with Gasteiger partial charge in [-0.05, 0) is 26.7 Å². The van der Waals surface area contributed by atoms with Gasteiger partial charge in [0.2, 0.25) is 0 Å². The maximum absolute atomic E-state index is 11.6. The van der Waals surface area contributed by atoms with E-state index in [1.165, 1.54) is 0 Å². The Morgan fingerprint density at radius 3 is 2.62 bits per heavy atom. The maximum Gasteiger partial charge on any atom is 0.325 e. The molecule has 0 aromatic heterocycles. The van der Waals surface area contributed by atoms with Gasteiger partial charge in [0.25, 0.3) is 5.91 Å². The molecule has 1 heterocycles. The summed E-state index contributed by atoms with van der Waals surface area (Å²) in [5.74, 6) is -0.198. The second-order valence-corrected chi connectivity index (χ2v) is 4.09. The van der Waals surface area contributed by atoms with Crippen molar-refractivity contribution >= 4 is 11.9 Å². The Hall–Kier alpha value is -1.10. The van der Waals surface area contributed by atoms with Gasteiger partial charge >= 0.3 is 6.03 Å². The Bertz CT molecular complexity index is 280. The van der Waals surface area contributed by atoms with Gasteiger partial charge in [-0.3, -0.25) is 10.1 Å². The van der Waals surface area contributed by atoms with Gasteiger partial charge in [0, 0.05) is 19.8 Å². The van der Waals surface area contributed by atoms with E-state index < -0.39 is 5.54 Å². The zero-order valence-corrected chi connectivity index (χ0v) is 10.2. The number of urea groups is 1. The summed E-state index contributed by atoms with van der Waals surface area (Å²) in [6.45, 7) is 7.50. The van der Waals surface area contributed by atoms with Crippen molar-refractivity contribution in [2.24, 2.45) is 0 Å². The van der Waals surface area contributed by atoms with Gasteiger partial charge in [0.15, 0.2) is 0 Å². The number of rotatable bonds is 6. The Morgan fingerprint density at radius 1 is 1.38 bits per heavy atom. The molecule has 0 aromatic rings. The number of imide groups is 1. The third-order valence-electron chi connectivity index (χ3n) is 3.11. The highest BCUT2D eigenvalue weighted by Crippen LogP contribution is 2.25. The van der Waals surface area contributed by atoms with Gasteiger partial charge in [0.05, 0.1) is 0 Å². The number of carbonyl (C=O) groups is 2. The summed E-state index contributed by atoms with van der Waals surface area (Å²) in [4.78, 5) is 24.8. The van der Waals surface area contributed by atoms with Crippen LogP contribution in [-0.2, 0) is 9.53 Å². The number of nitrogens with zero attached hydrogens (tertiary/aromatic N) is 1. The maximum atomic E-state index is 11.6. The van der Waals surface area contributed by atoms with E-state index in [1.54, 1.807) is 11.8 Å². The topological polar surface area (TPSA) is 58.6 Å². The van der Waals surface area contributed by atoms with Crippen molar-refractivity contribution in [1.82, 2.24) is 10.2 Å². The zero-order valence-electron chi connectivity index (χ0n) is 10.2. The summed E-state index contributed by atoms with van der Waals surface area (Å²) >= 11 is 0. The Balaban J connectivity index is 2.55. The van der Waals surface area contributed by atoms with E-state index in [0.29, 0.717) is 26.2 Å². The van der Waals surface area contributed by atoms with Crippen LogP contribution in [0.2, 0.25) is 0 Å². The number of carbonyl (C=O) groups excluding carboxylic acids is 2. The van der Waals surface area contributed by atoms with Gasteiger partial charge in [-0.2, -0.15) is 0 Å². The first kappa shape index (κ1) is 13.0. The van der Waals surface area contributed by atoms with Gasteiger partial charge in [-0.25, -0.2) is 4.79 Å². The molecule has 5 nitrogen and oxygen atoms in total. The highest BCUT2D eigenvalue weighted by atomic mass is 16.5. The molecule has 0 spiro atoms. The quantitative estimate of drug-likeness (QED) is 0.547. The SMILES string of the molecule is CCOCCCN1C(=O)NC(=O)C1(C)CC. The predicted molar refractivity (Wildman–Crippen MR) is 60.1 cm³/mol. The molecule has 16 heavy (non-hydrogen) atoms. The van der Waals surface area contributed by atoms with Crippen LogP contribution < -0.4 is 5.32 Å². The third-order valence-corrected chi connectivity index (χ3v) is 3.11. The van der Waals surface area contributed by atoms with E-state index in [-0.39, 0.29) is 11.9 Å². The Kier molecular flexibility index (Phi) is 4.29. The first-order valence-electron chi connectivity index (χ1n) is 5.77. The van der Waals surface area contributed by atoms with E-state index in [0.717, 1.165) is 6.42 Å². The summed E-state index contributed by atoms with van der Waals surface area (Å²) in [5, 5.41) is 2.36. The summed E-state index contributed by atoms with van der Waals surface area (Å²) in [6.07, 6.45) is 1.38. The average Bonchev–Trinajstić information content (AvgIpc) is 2.47. The minimum atomic E-state index is -0.691. The second-order valence-electron chi connectivity index (χ2n) is 4.09. The monoisotopic (exact) mass is 228 g/mol. The summed E-state index contributed by atoms with van der Waals surface area (Å²) in [5.41, 5.74) is -0.691. The fraction of sp³-hybridized carbons (Fsp3) is 0.818. The largest absolute Gasteiger partial charge is 0.382 e. The average molecular weight is 228 g/mol. The molecule has 1 saturated heterocycles. The molecular formula is C11H20N2O3. The van der Waals surface area contributed by atoms with Gasteiger partial charge in [-0.1, -0.05) is 6.92 Å². The Labute approximate surface area is 96.1 Å². The van der Waals surface area contributed by atoms with Crippen molar-refractivity contribution in [1.29, 1.82) is 0 Å². The van der Waals surface area contributed by atoms with Crippen molar-refractivity contribution in [3.8, 4) is 0 Å². The first-order valence-corrected chi connectivity index (χ1v) is 5.77. The summed E-state index contributed by atoms with van der Waals surface area (Å²) in [7, 11) is 0. The first-order chi connectivity index (χ1) is 7.56. The van der Waals surface area contributed by atoms with Gasteiger partial charge < -0.3 is 9.64 Å². The predicted octanol–water partition coefficient (Wildman–Crippen LogP) is 1.13. The molecule has 0 aromatic carbocycles. The summed E-state index contributed by atoms with van der Waals surface area (Å²) < 4.78 is 5.21. The van der Waals surface area contributed by atoms with E-state index >= 15 is 0 Å². The lowest BCUT2D eigenvalue weighted by Crippen LogP contribution is -2.47. The van der Waals surface area contributed by atoms with Crippen LogP contribution in [0.25, 0.3) is 0 Å². The van der Waals surface area contributed by atoms with Gasteiger partial charge in [0.1, 0.15) is 5.54 Å². The van der Waals surface area contributed by atoms with E-state index in [2.05, 4.69) is 5.32 Å². The van der Waals surface area contributed by atoms with Crippen LogP contribution in [0.15, 0.2) is 0 Å². The molecular weight excluding hydrogens is 208 g/mol. The van der Waals surface area contributed by atoms with Crippen molar-refractivity contribution in [3.05, 3.63) is 0 Å². The zero-order chi connectivity index (χ0) is 12.2. The fourth-order valence-corrected chi connectivity index (χ4v) is 1.81.